The van der Waals surface area contributed by atoms with E-state index in [2.05, 4.69) is 16.9 Å². The molecule has 0 aromatic carbocycles. The predicted molar refractivity (Wildman–Crippen MR) is 84.6 cm³/mol. The zero-order valence-corrected chi connectivity index (χ0v) is 13.8. The molecule has 116 valence electrons. The molecule has 20 heavy (non-hydrogen) atoms. The summed E-state index contributed by atoms with van der Waals surface area (Å²) in [6.45, 7) is 10.2. The second kappa shape index (κ2) is 11.5. The molecule has 0 radical (unpaired) electrons. The third kappa shape index (κ3) is 6.75. The fourth-order valence-corrected chi connectivity index (χ4v) is 1.85. The van der Waals surface area contributed by atoms with Crippen LogP contribution in [0.25, 0.3) is 0 Å². The Bertz CT molecular complexity index is 320. The fraction of sp³-hybridized carbons (Fsp3) is 0.688. The zero-order chi connectivity index (χ0) is 15.4. The molecule has 4 heteroatoms. The highest BCUT2D eigenvalue weighted by Gasteiger charge is 2.17. The zero-order valence-electron chi connectivity index (χ0n) is 13.8. The van der Waals surface area contributed by atoms with Gasteiger partial charge in [0.2, 0.25) is 5.88 Å². The van der Waals surface area contributed by atoms with Crippen LogP contribution in [0.4, 0.5) is 0 Å². The van der Waals surface area contributed by atoms with Crippen molar-refractivity contribution in [3.05, 3.63) is 18.3 Å². The number of piperidine rings is 1. The van der Waals surface area contributed by atoms with Gasteiger partial charge < -0.3 is 14.4 Å². The van der Waals surface area contributed by atoms with E-state index in [1.165, 1.54) is 0 Å². The Morgan fingerprint density at radius 3 is 2.15 bits per heavy atom. The summed E-state index contributed by atoms with van der Waals surface area (Å²) in [5.74, 6) is 1.45. The standard InChI is InChI=1S/C12H18N2O2.2C2H6/c1-14-7-5-10(6-8-14)16-11-3-4-12(15-2)13-9-11;2*1-2/h3-4,9-10H,5-8H2,1-2H3;2*1-2H3. The molecule has 0 atom stereocenters. The highest BCUT2D eigenvalue weighted by Crippen LogP contribution is 2.19. The first kappa shape index (κ1) is 18.7. The van der Waals surface area contributed by atoms with Gasteiger partial charge in [-0.25, -0.2) is 4.98 Å². The molecule has 0 bridgehead atoms. The Morgan fingerprint density at radius 2 is 1.70 bits per heavy atom. The van der Waals surface area contributed by atoms with Crippen LogP contribution in [0.2, 0.25) is 0 Å². The molecule has 4 nitrogen and oxygen atoms in total. The molecule has 1 aromatic rings. The maximum Gasteiger partial charge on any atom is 0.213 e. The number of likely N-dealkylation sites (tertiary alicyclic amines) is 1. The van der Waals surface area contributed by atoms with Crippen LogP contribution in [0.5, 0.6) is 11.6 Å². The average Bonchev–Trinajstić information content (AvgIpc) is 2.54. The van der Waals surface area contributed by atoms with Crippen LogP contribution in [-0.2, 0) is 0 Å². The molecule has 1 aromatic heterocycles. The van der Waals surface area contributed by atoms with Gasteiger partial charge in [-0.1, -0.05) is 27.7 Å². The van der Waals surface area contributed by atoms with Gasteiger partial charge in [-0.15, -0.1) is 0 Å². The van der Waals surface area contributed by atoms with Crippen LogP contribution in [0.1, 0.15) is 40.5 Å². The monoisotopic (exact) mass is 282 g/mol. The molecule has 2 rings (SSSR count). The molecule has 1 saturated heterocycles. The molecule has 2 heterocycles. The van der Waals surface area contributed by atoms with Crippen LogP contribution >= 0.6 is 0 Å². The lowest BCUT2D eigenvalue weighted by Gasteiger charge is -2.29. The first-order valence-electron chi connectivity index (χ1n) is 7.63. The highest BCUT2D eigenvalue weighted by molar-refractivity contribution is 5.23. The number of ether oxygens (including phenoxy) is 2. The molecule has 1 aliphatic heterocycles. The molecule has 0 spiro atoms. The Kier molecular flexibility index (Phi) is 10.8. The van der Waals surface area contributed by atoms with Crippen LogP contribution < -0.4 is 9.47 Å². The Labute approximate surface area is 124 Å². The lowest BCUT2D eigenvalue weighted by molar-refractivity contribution is 0.114. The van der Waals surface area contributed by atoms with E-state index >= 15 is 0 Å². The topological polar surface area (TPSA) is 34.6 Å². The van der Waals surface area contributed by atoms with E-state index < -0.39 is 0 Å². The molecule has 1 fully saturated rings. The largest absolute Gasteiger partial charge is 0.489 e. The Hall–Kier alpha value is -1.29. The predicted octanol–water partition coefficient (Wildman–Crippen LogP) is 3.62. The summed E-state index contributed by atoms with van der Waals surface area (Å²) < 4.78 is 10.9. The van der Waals surface area contributed by atoms with Crippen molar-refractivity contribution in [3.63, 3.8) is 0 Å². The van der Waals surface area contributed by atoms with Gasteiger partial charge in [0.15, 0.2) is 0 Å². The van der Waals surface area contributed by atoms with E-state index in [1.807, 2.05) is 39.8 Å². The van der Waals surface area contributed by atoms with Gasteiger partial charge in [0.1, 0.15) is 11.9 Å². The number of hydrogen-bond acceptors (Lipinski definition) is 4. The third-order valence-electron chi connectivity index (χ3n) is 2.89. The van der Waals surface area contributed by atoms with Crippen molar-refractivity contribution in [2.24, 2.45) is 0 Å². The summed E-state index contributed by atoms with van der Waals surface area (Å²) >= 11 is 0. The maximum atomic E-state index is 5.86. The normalized spacial score (nSPS) is 15.3. The van der Waals surface area contributed by atoms with Crippen LogP contribution in [0.15, 0.2) is 18.3 Å². The van der Waals surface area contributed by atoms with Crippen molar-refractivity contribution in [2.75, 3.05) is 27.2 Å². The molecule has 0 amide bonds. The van der Waals surface area contributed by atoms with E-state index in [4.69, 9.17) is 9.47 Å². The van der Waals surface area contributed by atoms with Crippen LogP contribution in [-0.4, -0.2) is 43.2 Å². The van der Waals surface area contributed by atoms with Gasteiger partial charge in [0.25, 0.3) is 0 Å². The summed E-state index contributed by atoms with van der Waals surface area (Å²) in [6, 6.07) is 3.73. The third-order valence-corrected chi connectivity index (χ3v) is 2.89. The van der Waals surface area contributed by atoms with E-state index in [0.717, 1.165) is 31.7 Å². The lowest BCUT2D eigenvalue weighted by atomic mass is 10.1. The SMILES string of the molecule is CC.CC.COc1ccc(OC2CCN(C)CC2)cn1. The Morgan fingerprint density at radius 1 is 1.10 bits per heavy atom. The summed E-state index contributed by atoms with van der Waals surface area (Å²) in [4.78, 5) is 6.45. The van der Waals surface area contributed by atoms with Crippen molar-refractivity contribution in [1.29, 1.82) is 0 Å². The minimum absolute atomic E-state index is 0.325. The van der Waals surface area contributed by atoms with Crippen molar-refractivity contribution < 1.29 is 9.47 Å². The highest BCUT2D eigenvalue weighted by atomic mass is 16.5. The summed E-state index contributed by atoms with van der Waals surface area (Å²) in [5.41, 5.74) is 0. The number of hydrogen-bond donors (Lipinski definition) is 0. The molecule has 0 aliphatic carbocycles. The number of methoxy groups -OCH3 is 1. The number of aromatic nitrogens is 1. The molecule has 1 aliphatic rings. The summed E-state index contributed by atoms with van der Waals surface area (Å²) in [5, 5.41) is 0. The van der Waals surface area contributed by atoms with Gasteiger partial charge in [0, 0.05) is 19.2 Å². The minimum Gasteiger partial charge on any atom is -0.489 e. The van der Waals surface area contributed by atoms with Gasteiger partial charge in [-0.05, 0) is 26.0 Å². The van der Waals surface area contributed by atoms with Gasteiger partial charge in [-0.2, -0.15) is 0 Å². The van der Waals surface area contributed by atoms with E-state index in [0.29, 0.717) is 12.0 Å². The quantitative estimate of drug-likeness (QED) is 0.848. The number of rotatable bonds is 3. The number of nitrogens with zero attached hydrogens (tertiary/aromatic N) is 2. The van der Waals surface area contributed by atoms with Crippen molar-refractivity contribution in [2.45, 2.75) is 46.6 Å². The van der Waals surface area contributed by atoms with E-state index in [1.54, 1.807) is 13.3 Å². The smallest absolute Gasteiger partial charge is 0.213 e. The van der Waals surface area contributed by atoms with Crippen molar-refractivity contribution >= 4 is 0 Å². The molecule has 0 saturated carbocycles. The maximum absolute atomic E-state index is 5.86. The van der Waals surface area contributed by atoms with Crippen LogP contribution in [0, 0.1) is 0 Å². The molecular formula is C16H30N2O2. The Balaban J connectivity index is 0.000000829. The first-order valence-corrected chi connectivity index (χ1v) is 7.63. The number of pyridine rings is 1. The minimum atomic E-state index is 0.325. The van der Waals surface area contributed by atoms with Crippen molar-refractivity contribution in [3.8, 4) is 11.6 Å². The van der Waals surface area contributed by atoms with E-state index in [9.17, 15) is 0 Å². The lowest BCUT2D eigenvalue weighted by Crippen LogP contribution is -2.35. The van der Waals surface area contributed by atoms with Gasteiger partial charge >= 0.3 is 0 Å². The average molecular weight is 282 g/mol. The fourth-order valence-electron chi connectivity index (χ4n) is 1.85. The van der Waals surface area contributed by atoms with Crippen molar-refractivity contribution in [1.82, 2.24) is 9.88 Å². The van der Waals surface area contributed by atoms with Gasteiger partial charge in [0.05, 0.1) is 13.3 Å². The molecule has 0 unspecified atom stereocenters. The van der Waals surface area contributed by atoms with Gasteiger partial charge in [-0.3, -0.25) is 0 Å². The van der Waals surface area contributed by atoms with Crippen LogP contribution in [0.3, 0.4) is 0 Å². The summed E-state index contributed by atoms with van der Waals surface area (Å²) in [7, 11) is 3.75. The first-order chi connectivity index (χ1) is 9.78. The molecular weight excluding hydrogens is 252 g/mol. The second-order valence-electron chi connectivity index (χ2n) is 4.16. The molecule has 0 N–H and O–H groups in total. The van der Waals surface area contributed by atoms with E-state index in [-0.39, 0.29) is 0 Å². The second-order valence-corrected chi connectivity index (χ2v) is 4.16. The summed E-state index contributed by atoms with van der Waals surface area (Å²) in [6.07, 6.45) is 4.22.